The van der Waals surface area contributed by atoms with Gasteiger partial charge in [-0.3, -0.25) is 0 Å². The minimum absolute atomic E-state index is 0.152. The van der Waals surface area contributed by atoms with Crippen molar-refractivity contribution in [1.82, 2.24) is 4.98 Å². The number of rotatable bonds is 1. The zero-order valence-corrected chi connectivity index (χ0v) is 13.1. The van der Waals surface area contributed by atoms with Gasteiger partial charge in [-0.05, 0) is 55.7 Å². The molecular weight excluding hydrogens is 288 g/mol. The van der Waals surface area contributed by atoms with E-state index in [9.17, 15) is 10.5 Å². The number of pyridine rings is 1. The van der Waals surface area contributed by atoms with Gasteiger partial charge in [-0.2, -0.15) is 10.5 Å². The van der Waals surface area contributed by atoms with Crippen molar-refractivity contribution in [2.75, 3.05) is 5.73 Å². The second-order valence-corrected chi connectivity index (χ2v) is 5.45. The van der Waals surface area contributed by atoms with Gasteiger partial charge in [0.15, 0.2) is 0 Å². The van der Waals surface area contributed by atoms with Crippen molar-refractivity contribution in [1.29, 1.82) is 10.5 Å². The molecule has 0 fully saturated rings. The lowest BCUT2D eigenvalue weighted by Crippen LogP contribution is -2.03. The van der Waals surface area contributed by atoms with Crippen LogP contribution in [0.2, 0.25) is 0 Å². The van der Waals surface area contributed by atoms with E-state index in [1.807, 2.05) is 39.0 Å². The Labute approximate surface area is 134 Å². The SMILES string of the molecule is CC1=C(C#N)c2nc(N)c(C#N)c(C)c2C1=Cc1ccc(C)o1. The van der Waals surface area contributed by atoms with E-state index in [-0.39, 0.29) is 5.82 Å². The number of nitrogens with zero attached hydrogens (tertiary/aromatic N) is 3. The summed E-state index contributed by atoms with van der Waals surface area (Å²) in [5, 5.41) is 18.8. The third-order valence-corrected chi connectivity index (χ3v) is 4.03. The highest BCUT2D eigenvalue weighted by molar-refractivity contribution is 6.08. The molecule has 112 valence electrons. The predicted molar refractivity (Wildman–Crippen MR) is 87.6 cm³/mol. The number of nitriles is 2. The Hall–Kier alpha value is -3.31. The number of furan rings is 1. The highest BCUT2D eigenvalue weighted by atomic mass is 16.3. The van der Waals surface area contributed by atoms with E-state index >= 15 is 0 Å². The number of nitrogens with two attached hydrogens (primary N) is 1. The minimum Gasteiger partial charge on any atom is -0.462 e. The summed E-state index contributed by atoms with van der Waals surface area (Å²) in [4.78, 5) is 4.29. The van der Waals surface area contributed by atoms with E-state index < -0.39 is 0 Å². The van der Waals surface area contributed by atoms with E-state index in [4.69, 9.17) is 10.2 Å². The number of fused-ring (bicyclic) bond motifs is 1. The first-order valence-corrected chi connectivity index (χ1v) is 7.08. The number of aryl methyl sites for hydroxylation is 1. The quantitative estimate of drug-likeness (QED) is 0.867. The summed E-state index contributed by atoms with van der Waals surface area (Å²) in [6, 6.07) is 8.02. The van der Waals surface area contributed by atoms with Crippen LogP contribution in [0, 0.1) is 36.5 Å². The molecule has 0 aliphatic heterocycles. The van der Waals surface area contributed by atoms with Gasteiger partial charge in [0.25, 0.3) is 0 Å². The predicted octanol–water partition coefficient (Wildman–Crippen LogP) is 3.60. The molecule has 0 bridgehead atoms. The Morgan fingerprint density at radius 3 is 2.48 bits per heavy atom. The van der Waals surface area contributed by atoms with Crippen molar-refractivity contribution in [3.63, 3.8) is 0 Å². The van der Waals surface area contributed by atoms with Gasteiger partial charge in [0.05, 0.1) is 16.8 Å². The van der Waals surface area contributed by atoms with Crippen molar-refractivity contribution >= 4 is 23.0 Å². The largest absolute Gasteiger partial charge is 0.462 e. The van der Waals surface area contributed by atoms with Crippen molar-refractivity contribution in [3.8, 4) is 12.1 Å². The average molecular weight is 302 g/mol. The molecule has 2 aromatic rings. The van der Waals surface area contributed by atoms with Crippen LogP contribution in [0.15, 0.2) is 22.1 Å². The van der Waals surface area contributed by atoms with E-state index in [2.05, 4.69) is 17.1 Å². The summed E-state index contributed by atoms with van der Waals surface area (Å²) < 4.78 is 5.61. The molecule has 5 nitrogen and oxygen atoms in total. The molecule has 0 saturated carbocycles. The van der Waals surface area contributed by atoms with E-state index in [1.165, 1.54) is 0 Å². The fraction of sp³-hybridized carbons (Fsp3) is 0.167. The maximum Gasteiger partial charge on any atom is 0.142 e. The van der Waals surface area contributed by atoms with E-state index in [1.54, 1.807) is 0 Å². The molecule has 0 aromatic carbocycles. The zero-order valence-electron chi connectivity index (χ0n) is 13.1. The number of hydrogen-bond acceptors (Lipinski definition) is 5. The normalized spacial score (nSPS) is 14.7. The Bertz CT molecular complexity index is 978. The molecule has 0 atom stereocenters. The maximum atomic E-state index is 9.48. The molecular formula is C18H14N4O. The minimum atomic E-state index is 0.152. The Kier molecular flexibility index (Phi) is 3.28. The van der Waals surface area contributed by atoms with Gasteiger partial charge in [0.2, 0.25) is 0 Å². The third-order valence-electron chi connectivity index (χ3n) is 4.03. The maximum absolute atomic E-state index is 9.48. The summed E-state index contributed by atoms with van der Waals surface area (Å²) in [6.45, 7) is 5.56. The Morgan fingerprint density at radius 1 is 1.17 bits per heavy atom. The van der Waals surface area contributed by atoms with Gasteiger partial charge < -0.3 is 10.2 Å². The topological polar surface area (TPSA) is 99.6 Å². The molecule has 0 radical (unpaired) electrons. The van der Waals surface area contributed by atoms with Crippen LogP contribution in [0.4, 0.5) is 5.82 Å². The standard InChI is InChI=1S/C18H14N4O/c1-9-4-5-12(23-9)6-13-10(2)14(7-19)17-16(13)11(3)15(8-20)18(21)22-17/h4-6H,1-3H3,(H2,21,22). The smallest absolute Gasteiger partial charge is 0.142 e. The van der Waals surface area contributed by atoms with Gasteiger partial charge in [0.1, 0.15) is 29.5 Å². The van der Waals surface area contributed by atoms with Crippen molar-refractivity contribution < 1.29 is 4.42 Å². The molecule has 3 rings (SSSR count). The lowest BCUT2D eigenvalue weighted by Gasteiger charge is -2.10. The molecule has 0 unspecified atom stereocenters. The van der Waals surface area contributed by atoms with Gasteiger partial charge in [-0.15, -0.1) is 0 Å². The van der Waals surface area contributed by atoms with Crippen LogP contribution < -0.4 is 5.73 Å². The van der Waals surface area contributed by atoms with Crippen molar-refractivity contribution in [3.05, 3.63) is 51.6 Å². The first kappa shape index (κ1) is 14.6. The second kappa shape index (κ2) is 5.15. The molecule has 2 N–H and O–H groups in total. The van der Waals surface area contributed by atoms with Gasteiger partial charge in [-0.25, -0.2) is 4.98 Å². The van der Waals surface area contributed by atoms with Gasteiger partial charge in [-0.1, -0.05) is 0 Å². The Balaban J connectivity index is 2.34. The molecule has 1 aliphatic carbocycles. The first-order chi connectivity index (χ1) is 11.0. The molecule has 2 heterocycles. The molecule has 1 aliphatic rings. The van der Waals surface area contributed by atoms with Crippen LogP contribution in [0.5, 0.6) is 0 Å². The molecule has 2 aromatic heterocycles. The number of allylic oxidation sites excluding steroid dienone is 3. The van der Waals surface area contributed by atoms with Gasteiger partial charge in [0, 0.05) is 5.56 Å². The summed E-state index contributed by atoms with van der Waals surface area (Å²) in [5.41, 5.74) is 10.4. The van der Waals surface area contributed by atoms with Crippen LogP contribution in [-0.2, 0) is 0 Å². The molecule has 5 heteroatoms. The van der Waals surface area contributed by atoms with Crippen LogP contribution in [0.3, 0.4) is 0 Å². The fourth-order valence-electron chi connectivity index (χ4n) is 2.87. The number of anilines is 1. The van der Waals surface area contributed by atoms with Crippen molar-refractivity contribution in [2.45, 2.75) is 20.8 Å². The highest BCUT2D eigenvalue weighted by Crippen LogP contribution is 2.44. The zero-order chi connectivity index (χ0) is 16.7. The molecule has 23 heavy (non-hydrogen) atoms. The lowest BCUT2D eigenvalue weighted by molar-refractivity contribution is 0.525. The lowest BCUT2D eigenvalue weighted by atomic mass is 9.96. The highest BCUT2D eigenvalue weighted by Gasteiger charge is 2.29. The third kappa shape index (κ3) is 2.11. The van der Waals surface area contributed by atoms with E-state index in [0.717, 1.165) is 28.0 Å². The van der Waals surface area contributed by atoms with Crippen LogP contribution in [0.25, 0.3) is 17.2 Å². The van der Waals surface area contributed by atoms with E-state index in [0.29, 0.717) is 22.6 Å². The first-order valence-electron chi connectivity index (χ1n) is 7.08. The van der Waals surface area contributed by atoms with Crippen LogP contribution in [-0.4, -0.2) is 4.98 Å². The summed E-state index contributed by atoms with van der Waals surface area (Å²) in [7, 11) is 0. The second-order valence-electron chi connectivity index (χ2n) is 5.45. The summed E-state index contributed by atoms with van der Waals surface area (Å²) in [6.07, 6.45) is 1.87. The molecule has 0 amide bonds. The molecule has 0 spiro atoms. The van der Waals surface area contributed by atoms with Gasteiger partial charge >= 0.3 is 0 Å². The Morgan fingerprint density at radius 2 is 1.91 bits per heavy atom. The summed E-state index contributed by atoms with van der Waals surface area (Å²) >= 11 is 0. The number of aromatic nitrogens is 1. The summed E-state index contributed by atoms with van der Waals surface area (Å²) in [5.74, 6) is 1.65. The fourth-order valence-corrected chi connectivity index (χ4v) is 2.87. The monoisotopic (exact) mass is 302 g/mol. The average Bonchev–Trinajstić information content (AvgIpc) is 3.02. The van der Waals surface area contributed by atoms with Crippen molar-refractivity contribution in [2.24, 2.45) is 0 Å². The number of hydrogen-bond donors (Lipinski definition) is 1. The van der Waals surface area contributed by atoms with Crippen LogP contribution >= 0.6 is 0 Å². The molecule has 0 saturated heterocycles. The van der Waals surface area contributed by atoms with Crippen LogP contribution in [0.1, 0.15) is 40.8 Å². The number of nitrogen functional groups attached to an aromatic ring is 1.